The van der Waals surface area contributed by atoms with Crippen LogP contribution in [0.5, 0.6) is 11.5 Å². The Bertz CT molecular complexity index is 655. The standard InChI is InChI=1S/C21H33N3O3/c1-21(2,3)19-15(7-5-10-27-19)14-23-20(22-4)24-16-8-9-17-18(13-16)26-12-6-11-25-17/h8-9,13,15,19H,5-7,10-12,14H2,1-4H3,(H2,22,23,24). The molecule has 1 aromatic rings. The quantitative estimate of drug-likeness (QED) is 0.623. The van der Waals surface area contributed by atoms with Gasteiger partial charge in [-0.3, -0.25) is 4.99 Å². The normalized spacial score (nSPS) is 23.5. The molecule has 150 valence electrons. The van der Waals surface area contributed by atoms with E-state index in [9.17, 15) is 0 Å². The van der Waals surface area contributed by atoms with Crippen molar-refractivity contribution in [2.24, 2.45) is 16.3 Å². The molecular weight excluding hydrogens is 342 g/mol. The monoisotopic (exact) mass is 375 g/mol. The van der Waals surface area contributed by atoms with Gasteiger partial charge < -0.3 is 24.8 Å². The molecule has 6 nitrogen and oxygen atoms in total. The van der Waals surface area contributed by atoms with Gasteiger partial charge in [0.1, 0.15) is 0 Å². The fourth-order valence-corrected chi connectivity index (χ4v) is 3.79. The highest BCUT2D eigenvalue weighted by atomic mass is 16.5. The molecule has 2 atom stereocenters. The summed E-state index contributed by atoms with van der Waals surface area (Å²) in [5, 5.41) is 6.82. The van der Waals surface area contributed by atoms with E-state index in [1.165, 1.54) is 6.42 Å². The molecule has 6 heteroatoms. The van der Waals surface area contributed by atoms with Gasteiger partial charge in [0.15, 0.2) is 17.5 Å². The molecule has 27 heavy (non-hydrogen) atoms. The molecule has 0 spiro atoms. The van der Waals surface area contributed by atoms with Gasteiger partial charge in [-0.25, -0.2) is 0 Å². The number of hydrogen-bond donors (Lipinski definition) is 2. The summed E-state index contributed by atoms with van der Waals surface area (Å²) in [5.74, 6) is 2.80. The van der Waals surface area contributed by atoms with E-state index < -0.39 is 0 Å². The number of nitrogens with one attached hydrogen (secondary N) is 2. The van der Waals surface area contributed by atoms with Crippen LogP contribution in [0.3, 0.4) is 0 Å². The molecule has 2 heterocycles. The molecule has 0 aromatic heterocycles. The second kappa shape index (κ2) is 8.83. The van der Waals surface area contributed by atoms with Gasteiger partial charge in [-0.1, -0.05) is 20.8 Å². The van der Waals surface area contributed by atoms with Crippen molar-refractivity contribution in [3.8, 4) is 11.5 Å². The molecule has 3 rings (SSSR count). The van der Waals surface area contributed by atoms with Gasteiger partial charge in [-0.05, 0) is 30.4 Å². The predicted molar refractivity (Wildman–Crippen MR) is 109 cm³/mol. The average Bonchev–Trinajstić information content (AvgIpc) is 2.89. The van der Waals surface area contributed by atoms with Crippen LogP contribution in [0.4, 0.5) is 5.69 Å². The van der Waals surface area contributed by atoms with E-state index in [2.05, 4.69) is 36.4 Å². The molecule has 0 aliphatic carbocycles. The fourth-order valence-electron chi connectivity index (χ4n) is 3.79. The Kier molecular flexibility index (Phi) is 6.47. The zero-order chi connectivity index (χ0) is 19.3. The van der Waals surface area contributed by atoms with Crippen molar-refractivity contribution in [3.05, 3.63) is 18.2 Å². The molecule has 0 saturated carbocycles. The molecule has 1 fully saturated rings. The highest BCUT2D eigenvalue weighted by Crippen LogP contribution is 2.34. The van der Waals surface area contributed by atoms with Gasteiger partial charge in [0.2, 0.25) is 0 Å². The second-order valence-electron chi connectivity index (χ2n) is 8.35. The highest BCUT2D eigenvalue weighted by molar-refractivity contribution is 5.93. The molecule has 0 amide bonds. The number of nitrogens with zero attached hydrogens (tertiary/aromatic N) is 1. The number of rotatable bonds is 3. The van der Waals surface area contributed by atoms with E-state index in [-0.39, 0.29) is 11.5 Å². The van der Waals surface area contributed by atoms with E-state index in [1.54, 1.807) is 7.05 Å². The van der Waals surface area contributed by atoms with Crippen molar-refractivity contribution in [1.82, 2.24) is 5.32 Å². The average molecular weight is 376 g/mol. The first kappa shape index (κ1) is 19.8. The highest BCUT2D eigenvalue weighted by Gasteiger charge is 2.35. The SMILES string of the molecule is CN=C(NCC1CCCOC1C(C)(C)C)Nc1ccc2c(c1)OCCCO2. The molecular formula is C21H33N3O3. The van der Waals surface area contributed by atoms with Crippen molar-refractivity contribution >= 4 is 11.6 Å². The summed E-state index contributed by atoms with van der Waals surface area (Å²) in [6.45, 7) is 9.83. The summed E-state index contributed by atoms with van der Waals surface area (Å²) in [7, 11) is 1.79. The fraction of sp³-hybridized carbons (Fsp3) is 0.667. The Balaban J connectivity index is 1.60. The number of benzene rings is 1. The van der Waals surface area contributed by atoms with Crippen molar-refractivity contribution < 1.29 is 14.2 Å². The van der Waals surface area contributed by atoms with Crippen LogP contribution >= 0.6 is 0 Å². The number of fused-ring (bicyclic) bond motifs is 1. The van der Waals surface area contributed by atoms with Crippen LogP contribution in [0.15, 0.2) is 23.2 Å². The lowest BCUT2D eigenvalue weighted by atomic mass is 9.78. The molecule has 2 N–H and O–H groups in total. The van der Waals surface area contributed by atoms with Gasteiger partial charge in [0.05, 0.1) is 19.3 Å². The van der Waals surface area contributed by atoms with E-state index >= 15 is 0 Å². The smallest absolute Gasteiger partial charge is 0.195 e. The van der Waals surface area contributed by atoms with Gasteiger partial charge in [0.25, 0.3) is 0 Å². The third-order valence-corrected chi connectivity index (χ3v) is 5.06. The summed E-state index contributed by atoms with van der Waals surface area (Å²) < 4.78 is 17.5. The van der Waals surface area contributed by atoms with Crippen molar-refractivity contribution in [2.75, 3.05) is 38.7 Å². The van der Waals surface area contributed by atoms with E-state index in [0.29, 0.717) is 19.1 Å². The largest absolute Gasteiger partial charge is 0.490 e. The Morgan fingerprint density at radius 3 is 2.63 bits per heavy atom. The lowest BCUT2D eigenvalue weighted by molar-refractivity contribution is -0.0835. The number of hydrogen-bond acceptors (Lipinski definition) is 4. The maximum absolute atomic E-state index is 6.08. The maximum atomic E-state index is 6.08. The van der Waals surface area contributed by atoms with E-state index in [4.69, 9.17) is 14.2 Å². The Labute approximate surface area is 162 Å². The van der Waals surface area contributed by atoms with Crippen LogP contribution in [0.1, 0.15) is 40.0 Å². The predicted octanol–water partition coefficient (Wildman–Crippen LogP) is 3.68. The summed E-state index contributed by atoms with van der Waals surface area (Å²) in [4.78, 5) is 4.37. The van der Waals surface area contributed by atoms with Crippen molar-refractivity contribution in [3.63, 3.8) is 0 Å². The van der Waals surface area contributed by atoms with Crippen LogP contribution in [-0.4, -0.2) is 45.5 Å². The van der Waals surface area contributed by atoms with Crippen LogP contribution in [-0.2, 0) is 4.74 Å². The molecule has 0 bridgehead atoms. The lowest BCUT2D eigenvalue weighted by Crippen LogP contribution is -2.46. The third kappa shape index (κ3) is 5.28. The molecule has 1 saturated heterocycles. The molecule has 1 aromatic carbocycles. The van der Waals surface area contributed by atoms with Crippen LogP contribution in [0.25, 0.3) is 0 Å². The number of guanidine groups is 1. The summed E-state index contributed by atoms with van der Waals surface area (Å²) >= 11 is 0. The summed E-state index contributed by atoms with van der Waals surface area (Å²) in [5.41, 5.74) is 1.07. The van der Waals surface area contributed by atoms with Gasteiger partial charge in [0, 0.05) is 44.3 Å². The first-order valence-electron chi connectivity index (χ1n) is 9.96. The third-order valence-electron chi connectivity index (χ3n) is 5.06. The van der Waals surface area contributed by atoms with Crippen LogP contribution in [0, 0.1) is 11.3 Å². The first-order valence-corrected chi connectivity index (χ1v) is 9.96. The molecule has 2 unspecified atom stereocenters. The summed E-state index contributed by atoms with van der Waals surface area (Å²) in [6, 6.07) is 5.90. The van der Waals surface area contributed by atoms with Crippen molar-refractivity contribution in [2.45, 2.75) is 46.1 Å². The number of anilines is 1. The minimum absolute atomic E-state index is 0.137. The first-order chi connectivity index (χ1) is 13.0. The topological polar surface area (TPSA) is 64.1 Å². The molecule has 2 aliphatic heterocycles. The van der Waals surface area contributed by atoms with E-state index in [0.717, 1.165) is 49.1 Å². The Morgan fingerprint density at radius 2 is 1.89 bits per heavy atom. The minimum atomic E-state index is 0.137. The molecule has 2 aliphatic rings. The minimum Gasteiger partial charge on any atom is -0.490 e. The maximum Gasteiger partial charge on any atom is 0.195 e. The Hall–Kier alpha value is -1.95. The van der Waals surface area contributed by atoms with E-state index in [1.807, 2.05) is 18.2 Å². The molecule has 0 radical (unpaired) electrons. The van der Waals surface area contributed by atoms with Gasteiger partial charge >= 0.3 is 0 Å². The number of aliphatic imine (C=N–C) groups is 1. The van der Waals surface area contributed by atoms with Gasteiger partial charge in [-0.15, -0.1) is 0 Å². The van der Waals surface area contributed by atoms with Crippen molar-refractivity contribution in [1.29, 1.82) is 0 Å². The zero-order valence-corrected chi connectivity index (χ0v) is 17.0. The Morgan fingerprint density at radius 1 is 1.11 bits per heavy atom. The van der Waals surface area contributed by atoms with Crippen LogP contribution < -0.4 is 20.1 Å². The second-order valence-corrected chi connectivity index (χ2v) is 8.35. The zero-order valence-electron chi connectivity index (χ0n) is 17.0. The summed E-state index contributed by atoms with van der Waals surface area (Å²) in [6.07, 6.45) is 3.46. The van der Waals surface area contributed by atoms with Gasteiger partial charge in [-0.2, -0.15) is 0 Å². The lowest BCUT2D eigenvalue weighted by Gasteiger charge is -2.40. The number of ether oxygens (including phenoxy) is 3. The van der Waals surface area contributed by atoms with Crippen LogP contribution in [0.2, 0.25) is 0 Å².